The summed E-state index contributed by atoms with van der Waals surface area (Å²) in [6.45, 7) is 1.60. The van der Waals surface area contributed by atoms with E-state index in [0.717, 1.165) is 6.07 Å². The molecule has 6 heteroatoms. The Morgan fingerprint density at radius 3 is 2.35 bits per heavy atom. The quantitative estimate of drug-likeness (QED) is 0.616. The molecule has 0 aliphatic rings. The van der Waals surface area contributed by atoms with Crippen molar-refractivity contribution >= 4 is 17.3 Å². The maximum absolute atomic E-state index is 13.5. The highest BCUT2D eigenvalue weighted by Crippen LogP contribution is 2.26. The molecule has 0 aliphatic heterocycles. The van der Waals surface area contributed by atoms with Gasteiger partial charge in [0.05, 0.1) is 10.7 Å². The van der Waals surface area contributed by atoms with Gasteiger partial charge in [0.15, 0.2) is 11.6 Å². The highest BCUT2D eigenvalue weighted by molar-refractivity contribution is 6.30. The van der Waals surface area contributed by atoms with Crippen LogP contribution in [0.4, 0.5) is 23.2 Å². The number of hydrogen-bond acceptors (Lipinski definition) is 1. The SMILES string of the molecule is CC(Nc1cc(F)cc(F)c1F)c1ccc(Cl)c(F)c1. The molecule has 0 aromatic heterocycles. The van der Waals surface area contributed by atoms with Gasteiger partial charge in [-0.1, -0.05) is 17.7 Å². The average Bonchev–Trinajstić information content (AvgIpc) is 2.38. The minimum Gasteiger partial charge on any atom is -0.376 e. The Morgan fingerprint density at radius 1 is 1.00 bits per heavy atom. The Hall–Kier alpha value is -1.75. The Bertz CT molecular complexity index is 645. The van der Waals surface area contributed by atoms with Crippen LogP contribution in [0.5, 0.6) is 0 Å². The van der Waals surface area contributed by atoms with E-state index < -0.39 is 29.3 Å². The fourth-order valence-electron chi connectivity index (χ4n) is 1.76. The van der Waals surface area contributed by atoms with Crippen LogP contribution in [0.2, 0.25) is 5.02 Å². The summed E-state index contributed by atoms with van der Waals surface area (Å²) in [4.78, 5) is 0. The molecule has 0 heterocycles. The van der Waals surface area contributed by atoms with E-state index in [1.807, 2.05) is 0 Å². The number of rotatable bonds is 3. The summed E-state index contributed by atoms with van der Waals surface area (Å²) in [6, 6.07) is 4.79. The molecule has 0 radical (unpaired) electrons. The molecule has 0 saturated heterocycles. The smallest absolute Gasteiger partial charge is 0.182 e. The summed E-state index contributed by atoms with van der Waals surface area (Å²) < 4.78 is 53.0. The van der Waals surface area contributed by atoms with Crippen molar-refractivity contribution in [3.8, 4) is 0 Å². The van der Waals surface area contributed by atoms with E-state index in [-0.39, 0.29) is 10.7 Å². The van der Waals surface area contributed by atoms with Crippen molar-refractivity contribution in [1.82, 2.24) is 0 Å². The molecule has 2 rings (SSSR count). The van der Waals surface area contributed by atoms with Gasteiger partial charge in [-0.3, -0.25) is 0 Å². The van der Waals surface area contributed by atoms with E-state index in [1.165, 1.54) is 18.2 Å². The first-order valence-corrected chi connectivity index (χ1v) is 6.12. The third-order valence-corrected chi connectivity index (χ3v) is 3.12. The van der Waals surface area contributed by atoms with Gasteiger partial charge in [0, 0.05) is 18.2 Å². The van der Waals surface area contributed by atoms with E-state index in [9.17, 15) is 17.6 Å². The number of nitrogens with one attached hydrogen (secondary N) is 1. The van der Waals surface area contributed by atoms with Crippen LogP contribution in [0.15, 0.2) is 30.3 Å². The van der Waals surface area contributed by atoms with Crippen LogP contribution >= 0.6 is 11.6 Å². The molecule has 1 unspecified atom stereocenters. The molecule has 0 saturated carbocycles. The zero-order chi connectivity index (χ0) is 14.9. The van der Waals surface area contributed by atoms with Crippen molar-refractivity contribution in [3.63, 3.8) is 0 Å². The molecule has 1 nitrogen and oxygen atoms in total. The van der Waals surface area contributed by atoms with Gasteiger partial charge in [-0.2, -0.15) is 0 Å². The lowest BCUT2D eigenvalue weighted by Crippen LogP contribution is -2.09. The second kappa shape index (κ2) is 5.71. The van der Waals surface area contributed by atoms with Gasteiger partial charge in [-0.05, 0) is 24.6 Å². The van der Waals surface area contributed by atoms with Crippen molar-refractivity contribution in [1.29, 1.82) is 0 Å². The summed E-state index contributed by atoms with van der Waals surface area (Å²) in [5.74, 6) is -4.00. The number of benzene rings is 2. The largest absolute Gasteiger partial charge is 0.376 e. The van der Waals surface area contributed by atoms with Gasteiger partial charge in [0.1, 0.15) is 11.6 Å². The van der Waals surface area contributed by atoms with Gasteiger partial charge in [0.2, 0.25) is 0 Å². The Kier molecular flexibility index (Phi) is 4.18. The molecule has 0 amide bonds. The molecule has 2 aromatic carbocycles. The Labute approximate surface area is 118 Å². The molecule has 0 aliphatic carbocycles. The monoisotopic (exact) mass is 303 g/mol. The third kappa shape index (κ3) is 3.04. The van der Waals surface area contributed by atoms with E-state index in [4.69, 9.17) is 11.6 Å². The average molecular weight is 304 g/mol. The molecular formula is C14H10ClF4N. The van der Waals surface area contributed by atoms with Gasteiger partial charge in [-0.15, -0.1) is 0 Å². The molecule has 0 fully saturated rings. The number of hydrogen-bond donors (Lipinski definition) is 1. The van der Waals surface area contributed by atoms with Crippen molar-refractivity contribution < 1.29 is 17.6 Å². The van der Waals surface area contributed by atoms with Crippen LogP contribution in [-0.2, 0) is 0 Å². The van der Waals surface area contributed by atoms with Crippen LogP contribution in [0, 0.1) is 23.3 Å². The zero-order valence-corrected chi connectivity index (χ0v) is 11.1. The Morgan fingerprint density at radius 2 is 1.70 bits per heavy atom. The maximum atomic E-state index is 13.5. The van der Waals surface area contributed by atoms with Crippen molar-refractivity contribution in [2.24, 2.45) is 0 Å². The third-order valence-electron chi connectivity index (χ3n) is 2.81. The van der Waals surface area contributed by atoms with Crippen LogP contribution in [-0.4, -0.2) is 0 Å². The van der Waals surface area contributed by atoms with Crippen molar-refractivity contribution in [3.05, 3.63) is 64.2 Å². The van der Waals surface area contributed by atoms with Crippen LogP contribution in [0.1, 0.15) is 18.5 Å². The predicted molar refractivity (Wildman–Crippen MR) is 69.8 cm³/mol. The molecule has 20 heavy (non-hydrogen) atoms. The van der Waals surface area contributed by atoms with E-state index in [0.29, 0.717) is 11.6 Å². The zero-order valence-electron chi connectivity index (χ0n) is 10.4. The second-order valence-electron chi connectivity index (χ2n) is 4.29. The minimum absolute atomic E-state index is 0.0380. The summed E-state index contributed by atoms with van der Waals surface area (Å²) in [7, 11) is 0. The van der Waals surface area contributed by atoms with Crippen LogP contribution in [0.25, 0.3) is 0 Å². The first kappa shape index (κ1) is 14.7. The summed E-state index contributed by atoms with van der Waals surface area (Å²) in [5, 5.41) is 2.55. The summed E-state index contributed by atoms with van der Waals surface area (Å²) >= 11 is 5.56. The topological polar surface area (TPSA) is 12.0 Å². The van der Waals surface area contributed by atoms with E-state index in [1.54, 1.807) is 6.92 Å². The van der Waals surface area contributed by atoms with Gasteiger partial charge in [0.25, 0.3) is 0 Å². The fraction of sp³-hybridized carbons (Fsp3) is 0.143. The lowest BCUT2D eigenvalue weighted by molar-refractivity contribution is 0.496. The van der Waals surface area contributed by atoms with Crippen LogP contribution < -0.4 is 5.32 Å². The second-order valence-corrected chi connectivity index (χ2v) is 4.70. The standard InChI is InChI=1S/C14H10ClF4N/c1-7(8-2-3-10(15)11(17)4-8)20-13-6-9(16)5-12(18)14(13)19/h2-7,20H,1H3. The Balaban J connectivity index is 2.27. The maximum Gasteiger partial charge on any atom is 0.182 e. The fourth-order valence-corrected chi connectivity index (χ4v) is 1.88. The summed E-state index contributed by atoms with van der Waals surface area (Å²) in [5.41, 5.74) is 0.140. The van der Waals surface area contributed by atoms with Gasteiger partial charge < -0.3 is 5.32 Å². The first-order chi connectivity index (χ1) is 9.38. The molecule has 0 bridgehead atoms. The molecule has 0 spiro atoms. The normalized spacial score (nSPS) is 12.3. The van der Waals surface area contributed by atoms with E-state index in [2.05, 4.69) is 5.32 Å². The lowest BCUT2D eigenvalue weighted by atomic mass is 10.1. The van der Waals surface area contributed by atoms with E-state index >= 15 is 0 Å². The molecule has 2 aromatic rings. The number of halogens is 5. The summed E-state index contributed by atoms with van der Waals surface area (Å²) in [6.07, 6.45) is 0. The molecule has 1 N–H and O–H groups in total. The van der Waals surface area contributed by atoms with Crippen LogP contribution in [0.3, 0.4) is 0 Å². The molecule has 106 valence electrons. The van der Waals surface area contributed by atoms with Crippen molar-refractivity contribution in [2.75, 3.05) is 5.32 Å². The van der Waals surface area contributed by atoms with Gasteiger partial charge in [-0.25, -0.2) is 17.6 Å². The predicted octanol–water partition coefficient (Wildman–Crippen LogP) is 5.07. The minimum atomic E-state index is -1.29. The van der Waals surface area contributed by atoms with Crippen molar-refractivity contribution in [2.45, 2.75) is 13.0 Å². The first-order valence-electron chi connectivity index (χ1n) is 5.74. The molecule has 1 atom stereocenters. The van der Waals surface area contributed by atoms with Gasteiger partial charge >= 0.3 is 0 Å². The highest BCUT2D eigenvalue weighted by atomic mass is 35.5. The lowest BCUT2D eigenvalue weighted by Gasteiger charge is -2.17. The highest BCUT2D eigenvalue weighted by Gasteiger charge is 2.14. The molecular weight excluding hydrogens is 294 g/mol. The number of anilines is 1.